The zero-order valence-corrected chi connectivity index (χ0v) is 9.47. The Bertz CT molecular complexity index is 508. The molecule has 5 nitrogen and oxygen atoms in total. The first-order valence-electron chi connectivity index (χ1n) is 4.20. The highest BCUT2D eigenvalue weighted by atomic mass is 79.9. The number of rotatable bonds is 2. The third-order valence-electron chi connectivity index (χ3n) is 1.92. The molecule has 0 amide bonds. The van der Waals surface area contributed by atoms with Gasteiger partial charge < -0.3 is 0 Å². The number of carbonyl (C=O) groups excluding carboxylic acids is 1. The first-order chi connectivity index (χ1) is 7.20. The van der Waals surface area contributed by atoms with E-state index in [1.54, 1.807) is 25.4 Å². The highest BCUT2D eigenvalue weighted by Crippen LogP contribution is 2.16. The Morgan fingerprint density at radius 2 is 2.33 bits per heavy atom. The van der Waals surface area contributed by atoms with Gasteiger partial charge in [-0.15, -0.1) is 5.10 Å². The molecule has 2 aromatic rings. The van der Waals surface area contributed by atoms with Crippen LogP contribution in [0.25, 0.3) is 0 Å². The number of aromatic nitrogens is 4. The lowest BCUT2D eigenvalue weighted by Gasteiger charge is -2.01. The molecule has 0 aliphatic carbocycles. The normalized spacial score (nSPS) is 10.3. The Kier molecular flexibility index (Phi) is 2.59. The first-order valence-corrected chi connectivity index (χ1v) is 4.99. The monoisotopic (exact) mass is 266 g/mol. The molecule has 0 aliphatic rings. The van der Waals surface area contributed by atoms with Crippen LogP contribution in [0.4, 0.5) is 0 Å². The molecule has 0 radical (unpaired) electrons. The van der Waals surface area contributed by atoms with E-state index < -0.39 is 0 Å². The fourth-order valence-electron chi connectivity index (χ4n) is 1.17. The minimum atomic E-state index is -0.199. The van der Waals surface area contributed by atoms with Gasteiger partial charge >= 0.3 is 0 Å². The number of carbonyl (C=O) groups is 1. The molecule has 0 N–H and O–H groups in total. The Morgan fingerprint density at radius 3 is 2.93 bits per heavy atom. The second kappa shape index (κ2) is 3.90. The van der Waals surface area contributed by atoms with Crippen molar-refractivity contribution in [1.29, 1.82) is 0 Å². The third kappa shape index (κ3) is 1.80. The fraction of sp³-hybridized carbons (Fsp3) is 0.111. The summed E-state index contributed by atoms with van der Waals surface area (Å²) in [6.45, 7) is 0. The predicted octanol–water partition coefficient (Wildman–Crippen LogP) is 1.20. The second-order valence-electron chi connectivity index (χ2n) is 2.91. The van der Waals surface area contributed by atoms with E-state index in [9.17, 15) is 4.79 Å². The number of pyridine rings is 1. The molecule has 15 heavy (non-hydrogen) atoms. The first kappa shape index (κ1) is 9.97. The number of halogens is 1. The summed E-state index contributed by atoms with van der Waals surface area (Å²) in [5.74, 6) is -0.199. The van der Waals surface area contributed by atoms with Crippen LogP contribution in [0.1, 0.15) is 16.2 Å². The quantitative estimate of drug-likeness (QED) is 0.767. The lowest BCUT2D eigenvalue weighted by molar-refractivity contribution is 0.102. The van der Waals surface area contributed by atoms with Crippen LogP contribution in [0.5, 0.6) is 0 Å². The number of hydrogen-bond acceptors (Lipinski definition) is 4. The molecular formula is C9H7BrN4O. The van der Waals surface area contributed by atoms with E-state index in [-0.39, 0.29) is 5.78 Å². The van der Waals surface area contributed by atoms with E-state index in [1.165, 1.54) is 10.9 Å². The Balaban J connectivity index is 2.46. The zero-order chi connectivity index (χ0) is 10.8. The van der Waals surface area contributed by atoms with Gasteiger partial charge in [-0.1, -0.05) is 5.21 Å². The largest absolute Gasteiger partial charge is 0.285 e. The van der Waals surface area contributed by atoms with Crippen molar-refractivity contribution >= 4 is 21.7 Å². The van der Waals surface area contributed by atoms with Crippen molar-refractivity contribution in [2.45, 2.75) is 0 Å². The highest BCUT2D eigenvalue weighted by Gasteiger charge is 2.17. The van der Waals surface area contributed by atoms with Gasteiger partial charge in [-0.2, -0.15) is 0 Å². The Hall–Kier alpha value is -1.56. The van der Waals surface area contributed by atoms with Gasteiger partial charge in [0.1, 0.15) is 11.4 Å². The molecule has 0 bridgehead atoms. The van der Waals surface area contributed by atoms with E-state index in [2.05, 4.69) is 31.2 Å². The van der Waals surface area contributed by atoms with Gasteiger partial charge in [0.2, 0.25) is 5.78 Å². The van der Waals surface area contributed by atoms with Gasteiger partial charge in [0.15, 0.2) is 0 Å². The van der Waals surface area contributed by atoms with E-state index >= 15 is 0 Å². The number of aryl methyl sites for hydroxylation is 1. The zero-order valence-electron chi connectivity index (χ0n) is 7.88. The summed E-state index contributed by atoms with van der Waals surface area (Å²) in [7, 11) is 1.66. The van der Waals surface area contributed by atoms with Crippen LogP contribution in [-0.4, -0.2) is 25.8 Å². The summed E-state index contributed by atoms with van der Waals surface area (Å²) in [6, 6.07) is 3.52. The van der Waals surface area contributed by atoms with Gasteiger partial charge in [-0.3, -0.25) is 9.78 Å². The Morgan fingerprint density at radius 1 is 1.53 bits per heavy atom. The average Bonchev–Trinajstić information content (AvgIpc) is 2.64. The van der Waals surface area contributed by atoms with Crippen LogP contribution < -0.4 is 0 Å². The van der Waals surface area contributed by atoms with Gasteiger partial charge in [-0.25, -0.2) is 4.68 Å². The van der Waals surface area contributed by atoms with Crippen LogP contribution in [0, 0.1) is 0 Å². The number of nitrogens with zero attached hydrogens (tertiary/aromatic N) is 4. The molecule has 2 rings (SSSR count). The van der Waals surface area contributed by atoms with Crippen LogP contribution in [0.3, 0.4) is 0 Å². The molecule has 0 saturated heterocycles. The predicted molar refractivity (Wildman–Crippen MR) is 56.4 cm³/mol. The summed E-state index contributed by atoms with van der Waals surface area (Å²) in [4.78, 5) is 16.0. The van der Waals surface area contributed by atoms with Crippen LogP contribution >= 0.6 is 15.9 Å². The van der Waals surface area contributed by atoms with Crippen molar-refractivity contribution in [2.24, 2.45) is 7.05 Å². The molecule has 76 valence electrons. The maximum Gasteiger partial charge on any atom is 0.232 e. The van der Waals surface area contributed by atoms with E-state index in [4.69, 9.17) is 0 Å². The molecule has 0 spiro atoms. The van der Waals surface area contributed by atoms with Crippen LogP contribution in [0.2, 0.25) is 0 Å². The number of ketones is 1. The van der Waals surface area contributed by atoms with Crippen molar-refractivity contribution < 1.29 is 4.79 Å². The minimum Gasteiger partial charge on any atom is -0.285 e. The van der Waals surface area contributed by atoms with Crippen molar-refractivity contribution in [2.75, 3.05) is 0 Å². The lowest BCUT2D eigenvalue weighted by atomic mass is 10.2. The molecule has 0 aromatic carbocycles. The molecular weight excluding hydrogens is 260 g/mol. The van der Waals surface area contributed by atoms with Crippen molar-refractivity contribution in [1.82, 2.24) is 20.0 Å². The molecule has 0 fully saturated rings. The van der Waals surface area contributed by atoms with Crippen molar-refractivity contribution in [3.05, 3.63) is 40.4 Å². The molecule has 0 aliphatic heterocycles. The molecule has 0 saturated carbocycles. The summed E-state index contributed by atoms with van der Waals surface area (Å²) in [6.07, 6.45) is 2.99. The average molecular weight is 267 g/mol. The maximum absolute atomic E-state index is 12.0. The van der Waals surface area contributed by atoms with Gasteiger partial charge in [0.05, 0.1) is 6.20 Å². The topological polar surface area (TPSA) is 60.7 Å². The Labute approximate surface area is 94.3 Å². The van der Waals surface area contributed by atoms with E-state index in [0.717, 1.165) is 0 Å². The van der Waals surface area contributed by atoms with Gasteiger partial charge in [0, 0.05) is 17.7 Å². The van der Waals surface area contributed by atoms with E-state index in [1.807, 2.05) is 0 Å². The van der Waals surface area contributed by atoms with Crippen molar-refractivity contribution in [3.63, 3.8) is 0 Å². The minimum absolute atomic E-state index is 0.199. The van der Waals surface area contributed by atoms with Crippen LogP contribution in [-0.2, 0) is 7.05 Å². The molecule has 6 heteroatoms. The SMILES string of the molecule is Cn1nncc1C(=O)c1ncccc1Br. The smallest absolute Gasteiger partial charge is 0.232 e. The molecule has 0 atom stereocenters. The molecule has 2 aromatic heterocycles. The summed E-state index contributed by atoms with van der Waals surface area (Å²) in [5.41, 5.74) is 0.775. The second-order valence-corrected chi connectivity index (χ2v) is 3.76. The summed E-state index contributed by atoms with van der Waals surface area (Å²) >= 11 is 3.27. The highest BCUT2D eigenvalue weighted by molar-refractivity contribution is 9.10. The number of hydrogen-bond donors (Lipinski definition) is 0. The van der Waals surface area contributed by atoms with Gasteiger partial charge in [0.25, 0.3) is 0 Å². The van der Waals surface area contributed by atoms with Crippen LogP contribution in [0.15, 0.2) is 29.0 Å². The summed E-state index contributed by atoms with van der Waals surface area (Å²) in [5, 5.41) is 7.34. The summed E-state index contributed by atoms with van der Waals surface area (Å²) < 4.78 is 2.08. The maximum atomic E-state index is 12.0. The lowest BCUT2D eigenvalue weighted by Crippen LogP contribution is -2.10. The molecule has 0 unspecified atom stereocenters. The van der Waals surface area contributed by atoms with Crippen molar-refractivity contribution in [3.8, 4) is 0 Å². The van der Waals surface area contributed by atoms with Gasteiger partial charge in [-0.05, 0) is 28.1 Å². The molecule has 2 heterocycles. The van der Waals surface area contributed by atoms with E-state index in [0.29, 0.717) is 15.9 Å². The third-order valence-corrected chi connectivity index (χ3v) is 2.56. The standard InChI is InChI=1S/C9H7BrN4O/c1-14-7(5-12-13-14)9(15)8-6(10)3-2-4-11-8/h2-5H,1H3. The fourth-order valence-corrected chi connectivity index (χ4v) is 1.60.